The molecular weight excluding hydrogens is 771 g/mol. The van der Waals surface area contributed by atoms with Gasteiger partial charge in [0.15, 0.2) is 0 Å². The molecule has 0 aliphatic heterocycles. The predicted octanol–water partition coefficient (Wildman–Crippen LogP) is 18.0. The average molecular weight is 876 g/mol. The SMILES string of the molecule is CC/C=C\C/C=C\C/C=C\C/C=C\C/C=C\C/C=C\C/C=C\CCCCCCCCCCCCCCCCCCCC(=O)NC(CO)C(O)CCCCCCCCCCCCCC. The van der Waals surface area contributed by atoms with Gasteiger partial charge in [0.2, 0.25) is 5.91 Å². The molecule has 0 aromatic heterocycles. The highest BCUT2D eigenvalue weighted by molar-refractivity contribution is 5.76. The molecule has 1 amide bonds. The van der Waals surface area contributed by atoms with Gasteiger partial charge in [-0.15, -0.1) is 0 Å². The normalized spacial score (nSPS) is 13.5. The first kappa shape index (κ1) is 60.6. The predicted molar refractivity (Wildman–Crippen MR) is 280 cm³/mol. The lowest BCUT2D eigenvalue weighted by molar-refractivity contribution is -0.123. The molecule has 0 bridgehead atoms. The molecule has 4 heteroatoms. The fourth-order valence-electron chi connectivity index (χ4n) is 8.05. The van der Waals surface area contributed by atoms with Crippen molar-refractivity contribution in [3.05, 3.63) is 85.1 Å². The van der Waals surface area contributed by atoms with Gasteiger partial charge < -0.3 is 15.5 Å². The van der Waals surface area contributed by atoms with E-state index in [1.807, 2.05) is 0 Å². The Hall–Kier alpha value is -2.43. The molecule has 0 radical (unpaired) electrons. The molecule has 0 fully saturated rings. The number of hydrogen-bond donors (Lipinski definition) is 3. The van der Waals surface area contributed by atoms with Crippen molar-refractivity contribution in [3.8, 4) is 0 Å². The van der Waals surface area contributed by atoms with Crippen LogP contribution < -0.4 is 5.32 Å². The first-order valence-corrected chi connectivity index (χ1v) is 27.3. The minimum absolute atomic E-state index is 0.0323. The third kappa shape index (κ3) is 50.4. The highest BCUT2D eigenvalue weighted by Gasteiger charge is 2.20. The standard InChI is InChI=1S/C59H105NO3/c1-3-5-7-9-11-13-15-17-18-19-20-21-22-23-24-25-26-27-28-29-30-31-32-33-34-35-36-37-38-39-40-41-42-43-45-47-49-51-53-55-59(63)60-57(56-61)58(62)54-52-50-48-46-44-16-14-12-10-8-6-4-2/h5,7,11,13,17-18,20-21,23-24,26-27,29-30,57-58,61-62H,3-4,6,8-10,12,14-16,19,22,25,28,31-56H2,1-2H3,(H,60,63)/b7-5-,13-11-,18-17-,21-20-,24-23-,27-26-,30-29-. The molecule has 3 N–H and O–H groups in total. The van der Waals surface area contributed by atoms with Crippen molar-refractivity contribution in [2.75, 3.05) is 6.61 Å². The molecule has 2 unspecified atom stereocenters. The van der Waals surface area contributed by atoms with E-state index < -0.39 is 12.1 Å². The van der Waals surface area contributed by atoms with Gasteiger partial charge in [-0.25, -0.2) is 0 Å². The lowest BCUT2D eigenvalue weighted by Crippen LogP contribution is -2.45. The molecule has 0 saturated heterocycles. The highest BCUT2D eigenvalue weighted by Crippen LogP contribution is 2.16. The molecule has 0 saturated carbocycles. The molecule has 0 aliphatic carbocycles. The van der Waals surface area contributed by atoms with Crippen molar-refractivity contribution in [3.63, 3.8) is 0 Å². The fraction of sp³-hybridized carbons (Fsp3) is 0.746. The minimum Gasteiger partial charge on any atom is -0.394 e. The Morgan fingerprint density at radius 3 is 1.05 bits per heavy atom. The number of rotatable bonds is 49. The number of carbonyl (C=O) groups is 1. The average Bonchev–Trinajstić information content (AvgIpc) is 3.29. The number of amides is 1. The van der Waals surface area contributed by atoms with Gasteiger partial charge in [0.1, 0.15) is 0 Å². The summed E-state index contributed by atoms with van der Waals surface area (Å²) in [5.74, 6) is -0.0323. The van der Waals surface area contributed by atoms with E-state index in [-0.39, 0.29) is 12.5 Å². The summed E-state index contributed by atoms with van der Waals surface area (Å²) in [6, 6.07) is -0.537. The number of unbranched alkanes of at least 4 members (excludes halogenated alkanes) is 28. The maximum atomic E-state index is 12.4. The van der Waals surface area contributed by atoms with Crippen LogP contribution in [0.3, 0.4) is 0 Å². The van der Waals surface area contributed by atoms with Crippen LogP contribution in [0.1, 0.15) is 264 Å². The topological polar surface area (TPSA) is 69.6 Å². The van der Waals surface area contributed by atoms with Crippen LogP contribution in [0.5, 0.6) is 0 Å². The summed E-state index contributed by atoms with van der Waals surface area (Å²) < 4.78 is 0. The van der Waals surface area contributed by atoms with Gasteiger partial charge in [0.05, 0.1) is 18.8 Å². The summed E-state index contributed by atoms with van der Waals surface area (Å²) in [5.41, 5.74) is 0. The van der Waals surface area contributed by atoms with Crippen LogP contribution in [0.15, 0.2) is 85.1 Å². The molecule has 364 valence electrons. The van der Waals surface area contributed by atoms with E-state index in [9.17, 15) is 15.0 Å². The number of nitrogens with one attached hydrogen (secondary N) is 1. The fourth-order valence-corrected chi connectivity index (χ4v) is 8.05. The van der Waals surface area contributed by atoms with Crippen molar-refractivity contribution in [1.29, 1.82) is 0 Å². The zero-order chi connectivity index (χ0) is 45.6. The van der Waals surface area contributed by atoms with Gasteiger partial charge in [0, 0.05) is 6.42 Å². The van der Waals surface area contributed by atoms with Gasteiger partial charge in [-0.05, 0) is 70.6 Å². The van der Waals surface area contributed by atoms with Gasteiger partial charge in [0.25, 0.3) is 0 Å². The summed E-state index contributed by atoms with van der Waals surface area (Å²) in [5, 5.41) is 23.2. The third-order valence-electron chi connectivity index (χ3n) is 12.2. The van der Waals surface area contributed by atoms with E-state index in [4.69, 9.17) is 0 Å². The van der Waals surface area contributed by atoms with E-state index in [2.05, 4.69) is 104 Å². The maximum Gasteiger partial charge on any atom is 0.220 e. The maximum absolute atomic E-state index is 12.4. The van der Waals surface area contributed by atoms with Crippen molar-refractivity contribution in [2.45, 2.75) is 276 Å². The number of aliphatic hydroxyl groups is 2. The Morgan fingerprint density at radius 2 is 0.698 bits per heavy atom. The second-order valence-electron chi connectivity index (χ2n) is 18.3. The van der Waals surface area contributed by atoms with Gasteiger partial charge >= 0.3 is 0 Å². The van der Waals surface area contributed by atoms with E-state index in [0.29, 0.717) is 12.8 Å². The zero-order valence-electron chi connectivity index (χ0n) is 41.8. The summed E-state index contributed by atoms with van der Waals surface area (Å²) in [6.07, 6.45) is 78.5. The lowest BCUT2D eigenvalue weighted by atomic mass is 10.0. The van der Waals surface area contributed by atoms with Crippen LogP contribution in [0, 0.1) is 0 Å². The molecule has 0 spiro atoms. The van der Waals surface area contributed by atoms with E-state index in [0.717, 1.165) is 70.6 Å². The summed E-state index contributed by atoms with van der Waals surface area (Å²) in [7, 11) is 0. The Labute approximate surface area is 392 Å². The summed E-state index contributed by atoms with van der Waals surface area (Å²) in [6.45, 7) is 4.24. The summed E-state index contributed by atoms with van der Waals surface area (Å²) in [4.78, 5) is 12.4. The smallest absolute Gasteiger partial charge is 0.220 e. The second-order valence-corrected chi connectivity index (χ2v) is 18.3. The van der Waals surface area contributed by atoms with Crippen molar-refractivity contribution < 1.29 is 15.0 Å². The van der Waals surface area contributed by atoms with E-state index in [1.165, 1.54) is 167 Å². The zero-order valence-corrected chi connectivity index (χ0v) is 41.8. The molecule has 0 aliphatic rings. The van der Waals surface area contributed by atoms with E-state index in [1.54, 1.807) is 0 Å². The largest absolute Gasteiger partial charge is 0.394 e. The van der Waals surface area contributed by atoms with Crippen LogP contribution >= 0.6 is 0 Å². The molecule has 0 heterocycles. The second kappa shape index (κ2) is 53.9. The van der Waals surface area contributed by atoms with Gasteiger partial charge in [-0.1, -0.05) is 272 Å². The quantitative estimate of drug-likeness (QED) is 0.0421. The number of hydrogen-bond acceptors (Lipinski definition) is 3. The third-order valence-corrected chi connectivity index (χ3v) is 12.2. The summed E-state index contributed by atoms with van der Waals surface area (Å²) >= 11 is 0. The number of aliphatic hydroxyl groups excluding tert-OH is 2. The van der Waals surface area contributed by atoms with Gasteiger partial charge in [-0.3, -0.25) is 4.79 Å². The first-order chi connectivity index (χ1) is 31.2. The van der Waals surface area contributed by atoms with Crippen molar-refractivity contribution in [2.24, 2.45) is 0 Å². The van der Waals surface area contributed by atoms with Crippen LogP contribution in [0.25, 0.3) is 0 Å². The molecule has 0 aromatic carbocycles. The molecule has 0 rings (SSSR count). The molecule has 2 atom stereocenters. The van der Waals surface area contributed by atoms with Crippen molar-refractivity contribution >= 4 is 5.91 Å². The monoisotopic (exact) mass is 876 g/mol. The minimum atomic E-state index is -0.660. The van der Waals surface area contributed by atoms with Crippen molar-refractivity contribution in [1.82, 2.24) is 5.32 Å². The molecular formula is C59H105NO3. The van der Waals surface area contributed by atoms with Gasteiger partial charge in [-0.2, -0.15) is 0 Å². The Morgan fingerprint density at radius 1 is 0.397 bits per heavy atom. The molecule has 0 aromatic rings. The highest BCUT2D eigenvalue weighted by atomic mass is 16.3. The Kier molecular flexibility index (Phi) is 51.8. The first-order valence-electron chi connectivity index (χ1n) is 27.3. The van der Waals surface area contributed by atoms with Crippen LogP contribution in [0.4, 0.5) is 0 Å². The van der Waals surface area contributed by atoms with Crippen LogP contribution in [-0.4, -0.2) is 34.9 Å². The van der Waals surface area contributed by atoms with E-state index >= 15 is 0 Å². The lowest BCUT2D eigenvalue weighted by Gasteiger charge is -2.22. The molecule has 4 nitrogen and oxygen atoms in total. The van der Waals surface area contributed by atoms with Crippen LogP contribution in [-0.2, 0) is 4.79 Å². The number of allylic oxidation sites excluding steroid dienone is 14. The van der Waals surface area contributed by atoms with Crippen LogP contribution in [0.2, 0.25) is 0 Å². The molecule has 63 heavy (non-hydrogen) atoms. The Balaban J connectivity index is 3.46. The number of carbonyl (C=O) groups excluding carboxylic acids is 1. The Bertz CT molecular complexity index is 1130.